The van der Waals surface area contributed by atoms with E-state index in [1.807, 2.05) is 5.32 Å². The van der Waals surface area contributed by atoms with Gasteiger partial charge in [-0.3, -0.25) is 9.35 Å². The number of nitrogens with one attached hydrogen (secondary N) is 2. The maximum Gasteiger partial charge on any atom is 0.408 e. The van der Waals surface area contributed by atoms with Crippen LogP contribution in [-0.2, 0) is 19.6 Å². The molecular weight excluding hydrogens is 312 g/mol. The van der Waals surface area contributed by atoms with Gasteiger partial charge in [0.2, 0.25) is 5.91 Å². The fourth-order valence-electron chi connectivity index (χ4n) is 1.38. The van der Waals surface area contributed by atoms with Crippen molar-refractivity contribution in [1.29, 1.82) is 0 Å². The first kappa shape index (κ1) is 17.0. The van der Waals surface area contributed by atoms with E-state index in [4.69, 9.17) is 12.0 Å². The van der Waals surface area contributed by atoms with Gasteiger partial charge in [-0.25, -0.2) is 4.79 Å². The summed E-state index contributed by atoms with van der Waals surface area (Å²) >= 11 is 0. The van der Waals surface area contributed by atoms with Gasteiger partial charge < -0.3 is 15.4 Å². The maximum absolute atomic E-state index is 12.2. The fourth-order valence-corrected chi connectivity index (χ4v) is 1.74. The van der Waals surface area contributed by atoms with Gasteiger partial charge in [0.05, 0.1) is 5.75 Å². The van der Waals surface area contributed by atoms with Gasteiger partial charge in [-0.1, -0.05) is 13.8 Å². The molecule has 0 saturated carbocycles. The summed E-state index contributed by atoms with van der Waals surface area (Å²) in [5.41, 5.74) is -0.758. The number of alkyl carbamates (subject to hydrolysis) is 1. The third-order valence-electron chi connectivity index (χ3n) is 2.32. The highest BCUT2D eigenvalue weighted by atomic mass is 32.2. The van der Waals surface area contributed by atoms with Crippen LogP contribution in [0, 0.1) is 5.92 Å². The number of rotatable bonds is 7. The number of carbonyl (C=O) groups is 2. The van der Waals surface area contributed by atoms with Crippen LogP contribution >= 0.6 is 0 Å². The van der Waals surface area contributed by atoms with Gasteiger partial charge in [0, 0.05) is 9.24 Å². The van der Waals surface area contributed by atoms with E-state index in [9.17, 15) is 18.0 Å². The number of hydrogen-bond acceptors (Lipinski definition) is 5. The third-order valence-corrected chi connectivity index (χ3v) is 3.04. The lowest BCUT2D eigenvalue weighted by Crippen LogP contribution is -2.51. The second-order valence-electron chi connectivity index (χ2n) is 6.07. The Balaban J connectivity index is 4.89. The van der Waals surface area contributed by atoms with Crippen molar-refractivity contribution in [2.24, 2.45) is 5.92 Å². The minimum atomic E-state index is -4.35. The van der Waals surface area contributed by atoms with Crippen molar-refractivity contribution in [3.8, 4) is 0 Å². The topological polar surface area (TPSA) is 122 Å². The normalized spacial score (nSPS) is 15.6. The molecule has 9 heteroatoms. The predicted molar refractivity (Wildman–Crippen MR) is 82.0 cm³/mol. The van der Waals surface area contributed by atoms with Crippen LogP contribution in [0.15, 0.2) is 0 Å². The van der Waals surface area contributed by atoms with Crippen LogP contribution in [0.1, 0.15) is 43.8 Å². The molecule has 0 aliphatic heterocycles. The number of amides is 2. The molecular formula is C13H26N2O6S. The van der Waals surface area contributed by atoms with E-state index in [1.54, 1.807) is 34.6 Å². The molecule has 0 aromatic heterocycles. The molecule has 0 aliphatic rings. The highest BCUT2D eigenvalue weighted by Gasteiger charge is 2.26. The summed E-state index contributed by atoms with van der Waals surface area (Å²) < 4.78 is 50.3. The molecule has 130 valence electrons. The van der Waals surface area contributed by atoms with Gasteiger partial charge >= 0.3 is 6.09 Å². The molecule has 0 spiro atoms. The molecule has 0 aromatic carbocycles. The van der Waals surface area contributed by atoms with E-state index in [0.29, 0.717) is 0 Å². The quantitative estimate of drug-likeness (QED) is 0.593. The van der Waals surface area contributed by atoms with E-state index < -0.39 is 52.4 Å². The van der Waals surface area contributed by atoms with Crippen molar-refractivity contribution in [3.63, 3.8) is 0 Å². The van der Waals surface area contributed by atoms with Crippen molar-refractivity contribution in [2.75, 3.05) is 12.2 Å². The molecule has 0 radical (unpaired) electrons. The highest BCUT2D eigenvalue weighted by molar-refractivity contribution is 7.85. The molecule has 8 nitrogen and oxygen atoms in total. The first-order valence-electron chi connectivity index (χ1n) is 7.79. The summed E-state index contributed by atoms with van der Waals surface area (Å²) in [6, 6.07) is -1.07. The zero-order valence-electron chi connectivity index (χ0n) is 15.5. The van der Waals surface area contributed by atoms with E-state index in [0.717, 1.165) is 0 Å². The zero-order valence-corrected chi connectivity index (χ0v) is 14.3. The van der Waals surface area contributed by atoms with Crippen LogP contribution in [0.5, 0.6) is 0 Å². The number of hydrogen-bond donors (Lipinski definition) is 3. The smallest absolute Gasteiger partial charge is 0.408 e. The molecule has 0 unspecified atom stereocenters. The van der Waals surface area contributed by atoms with Gasteiger partial charge in [-0.05, 0) is 33.1 Å². The van der Waals surface area contributed by atoms with E-state index in [-0.39, 0.29) is 5.92 Å². The van der Waals surface area contributed by atoms with Crippen LogP contribution < -0.4 is 10.6 Å². The van der Waals surface area contributed by atoms with Crippen molar-refractivity contribution < 1.29 is 30.0 Å². The van der Waals surface area contributed by atoms with Gasteiger partial charge in [0.1, 0.15) is 11.6 Å². The summed E-state index contributed by atoms with van der Waals surface area (Å²) in [5.74, 6) is -2.03. The monoisotopic (exact) mass is 340 g/mol. The average Bonchev–Trinajstić information content (AvgIpc) is 2.29. The first-order chi connectivity index (χ1) is 10.5. The van der Waals surface area contributed by atoms with Crippen LogP contribution in [0.4, 0.5) is 4.79 Å². The van der Waals surface area contributed by atoms with Crippen LogP contribution in [0.3, 0.4) is 0 Å². The Kier molecular flexibility index (Phi) is 6.44. The minimum absolute atomic E-state index is 0.366. The Morgan fingerprint density at radius 2 is 1.86 bits per heavy atom. The number of ether oxygens (including phenoxy) is 1. The molecule has 0 saturated heterocycles. The summed E-state index contributed by atoms with van der Waals surface area (Å²) in [5, 5.41) is 4.39. The largest absolute Gasteiger partial charge is 0.444 e. The third kappa shape index (κ3) is 10.4. The second kappa shape index (κ2) is 8.33. The summed E-state index contributed by atoms with van der Waals surface area (Å²) in [6.45, 7) is 5.90. The molecule has 2 amide bonds. The molecule has 0 aliphatic carbocycles. The van der Waals surface area contributed by atoms with E-state index >= 15 is 0 Å². The standard InChI is InChI=1S/C13H26N2O6S/c1-9(2)10(15-12(17)21-13(3,4)5)11(16)14-7-6-8-22(18,19)20/h9-10H,6-8H2,1-5H3,(H,14,16)(H,15,17)(H,18,19,20)/t10-/m0/s1/i7D2. The lowest BCUT2D eigenvalue weighted by molar-refractivity contribution is -0.124. The Hall–Kier alpha value is -1.35. The predicted octanol–water partition coefficient (Wildman–Crippen LogP) is 0.930. The first-order valence-corrected chi connectivity index (χ1v) is 8.40. The van der Waals surface area contributed by atoms with Gasteiger partial charge in [-0.15, -0.1) is 0 Å². The Bertz CT molecular complexity index is 557. The van der Waals surface area contributed by atoms with Crippen LogP contribution in [0.25, 0.3) is 0 Å². The van der Waals surface area contributed by atoms with Crippen LogP contribution in [-0.4, -0.2) is 48.9 Å². The molecule has 0 aromatic rings. The SMILES string of the molecule is [2H]C([2H])(CCS(=O)(=O)O)NC(=O)[C@@H](NC(=O)OC(C)(C)C)C(C)C. The maximum atomic E-state index is 12.2. The Morgan fingerprint density at radius 3 is 2.27 bits per heavy atom. The highest BCUT2D eigenvalue weighted by Crippen LogP contribution is 2.08. The van der Waals surface area contributed by atoms with Crippen LogP contribution in [0.2, 0.25) is 0 Å². The average molecular weight is 340 g/mol. The van der Waals surface area contributed by atoms with Crippen molar-refractivity contribution in [3.05, 3.63) is 0 Å². The zero-order chi connectivity index (χ0) is 19.3. The van der Waals surface area contributed by atoms with Crippen molar-refractivity contribution in [2.45, 2.75) is 52.7 Å². The van der Waals surface area contributed by atoms with E-state index in [1.165, 1.54) is 0 Å². The second-order valence-corrected chi connectivity index (χ2v) is 7.64. The minimum Gasteiger partial charge on any atom is -0.444 e. The Labute approximate surface area is 134 Å². The van der Waals surface area contributed by atoms with Crippen molar-refractivity contribution >= 4 is 22.1 Å². The molecule has 0 rings (SSSR count). The van der Waals surface area contributed by atoms with E-state index in [2.05, 4.69) is 5.32 Å². The van der Waals surface area contributed by atoms with Gasteiger partial charge in [0.15, 0.2) is 0 Å². The van der Waals surface area contributed by atoms with Gasteiger partial charge in [-0.2, -0.15) is 8.42 Å². The molecule has 1 atom stereocenters. The fraction of sp³-hybridized carbons (Fsp3) is 0.846. The summed E-state index contributed by atoms with van der Waals surface area (Å²) in [6.07, 6.45) is -1.45. The van der Waals surface area contributed by atoms with Crippen molar-refractivity contribution in [1.82, 2.24) is 10.6 Å². The summed E-state index contributed by atoms with van der Waals surface area (Å²) in [7, 11) is -4.35. The lowest BCUT2D eigenvalue weighted by atomic mass is 10.0. The molecule has 0 bridgehead atoms. The Morgan fingerprint density at radius 1 is 1.32 bits per heavy atom. The lowest BCUT2D eigenvalue weighted by Gasteiger charge is -2.25. The molecule has 3 N–H and O–H groups in total. The molecule has 0 heterocycles. The molecule has 22 heavy (non-hydrogen) atoms. The summed E-state index contributed by atoms with van der Waals surface area (Å²) in [4.78, 5) is 24.0. The van der Waals surface area contributed by atoms with Gasteiger partial charge in [0.25, 0.3) is 10.1 Å². The molecule has 0 fully saturated rings. The number of carbonyl (C=O) groups excluding carboxylic acids is 2.